The van der Waals surface area contributed by atoms with Gasteiger partial charge in [0, 0.05) is 6.42 Å². The molecule has 0 aliphatic heterocycles. The number of carbonyl (C=O) groups is 3. The largest absolute Gasteiger partial charge is 0.468 e. The Bertz CT molecular complexity index is 640. The molecular formula is C22H33NO4S. The Morgan fingerprint density at radius 1 is 1.00 bits per heavy atom. The Labute approximate surface area is 173 Å². The predicted molar refractivity (Wildman–Crippen MR) is 116 cm³/mol. The molecule has 0 radical (unpaired) electrons. The third-order valence-electron chi connectivity index (χ3n) is 4.62. The first kappa shape index (κ1) is 24.2. The van der Waals surface area contributed by atoms with Gasteiger partial charge in [-0.3, -0.25) is 19.3 Å². The molecule has 5 nitrogen and oxygen atoms in total. The number of para-hydroxylation sites is 1. The maximum absolute atomic E-state index is 12.8. The van der Waals surface area contributed by atoms with Crippen molar-refractivity contribution < 1.29 is 19.1 Å². The quantitative estimate of drug-likeness (QED) is 0.367. The summed E-state index contributed by atoms with van der Waals surface area (Å²) in [5.41, 5.74) is 2.52. The number of rotatable bonds is 12. The van der Waals surface area contributed by atoms with Gasteiger partial charge in [-0.05, 0) is 31.4 Å². The van der Waals surface area contributed by atoms with Crippen molar-refractivity contribution in [2.45, 2.75) is 65.7 Å². The summed E-state index contributed by atoms with van der Waals surface area (Å²) in [6, 6.07) is 5.71. The van der Waals surface area contributed by atoms with Crippen molar-refractivity contribution in [3.8, 4) is 0 Å². The number of ether oxygens (including phenoxy) is 1. The second-order valence-electron chi connectivity index (χ2n) is 6.97. The molecule has 0 aliphatic rings. The summed E-state index contributed by atoms with van der Waals surface area (Å²) in [5, 5.41) is 0.0309. The number of hydrogen-bond acceptors (Lipinski definition) is 5. The van der Waals surface area contributed by atoms with Gasteiger partial charge in [0.15, 0.2) is 5.12 Å². The second kappa shape index (κ2) is 13.4. The van der Waals surface area contributed by atoms with Crippen LogP contribution in [0.15, 0.2) is 18.2 Å². The van der Waals surface area contributed by atoms with Crippen LogP contribution in [0.4, 0.5) is 5.69 Å². The molecule has 1 amide bonds. The highest BCUT2D eigenvalue weighted by Crippen LogP contribution is 2.25. The topological polar surface area (TPSA) is 63.7 Å². The molecule has 0 aliphatic carbocycles. The molecule has 0 saturated heterocycles. The van der Waals surface area contributed by atoms with Gasteiger partial charge in [-0.25, -0.2) is 0 Å². The van der Waals surface area contributed by atoms with Crippen LogP contribution in [0.3, 0.4) is 0 Å². The summed E-state index contributed by atoms with van der Waals surface area (Å²) in [6.45, 7) is 5.82. The average Bonchev–Trinajstić information content (AvgIpc) is 2.67. The first-order valence-electron chi connectivity index (χ1n) is 9.99. The van der Waals surface area contributed by atoms with Gasteiger partial charge in [0.1, 0.15) is 6.54 Å². The first-order valence-corrected chi connectivity index (χ1v) is 11.0. The van der Waals surface area contributed by atoms with E-state index in [0.717, 1.165) is 42.2 Å². The minimum atomic E-state index is -0.487. The number of amides is 1. The highest BCUT2D eigenvalue weighted by molar-refractivity contribution is 8.14. The smallest absolute Gasteiger partial charge is 0.325 e. The van der Waals surface area contributed by atoms with E-state index in [9.17, 15) is 14.4 Å². The van der Waals surface area contributed by atoms with Crippen LogP contribution in [0, 0.1) is 13.8 Å². The van der Waals surface area contributed by atoms with Crippen molar-refractivity contribution in [2.75, 3.05) is 24.3 Å². The zero-order valence-electron chi connectivity index (χ0n) is 17.6. The van der Waals surface area contributed by atoms with Crippen LogP contribution >= 0.6 is 11.8 Å². The number of hydrogen-bond donors (Lipinski definition) is 0. The Balaban J connectivity index is 2.63. The highest BCUT2D eigenvalue weighted by atomic mass is 32.2. The lowest BCUT2D eigenvalue weighted by Crippen LogP contribution is -2.38. The number of carbonyl (C=O) groups excluding carboxylic acids is 3. The monoisotopic (exact) mass is 407 g/mol. The Morgan fingerprint density at radius 3 is 2.21 bits per heavy atom. The molecule has 0 aromatic heterocycles. The fourth-order valence-corrected chi connectivity index (χ4v) is 3.79. The molecule has 0 N–H and O–H groups in total. The highest BCUT2D eigenvalue weighted by Gasteiger charge is 2.23. The number of esters is 1. The fourth-order valence-electron chi connectivity index (χ4n) is 3.06. The second-order valence-corrected chi connectivity index (χ2v) is 8.01. The molecular weight excluding hydrogens is 374 g/mol. The molecule has 1 rings (SSSR count). The average molecular weight is 408 g/mol. The third kappa shape index (κ3) is 8.46. The molecule has 0 saturated carbocycles. The van der Waals surface area contributed by atoms with E-state index in [1.54, 1.807) is 0 Å². The number of benzene rings is 1. The van der Waals surface area contributed by atoms with Crippen LogP contribution in [0.5, 0.6) is 0 Å². The van der Waals surface area contributed by atoms with E-state index in [-0.39, 0.29) is 23.3 Å². The number of aryl methyl sites for hydroxylation is 2. The van der Waals surface area contributed by atoms with Crippen LogP contribution in [0.2, 0.25) is 0 Å². The van der Waals surface area contributed by atoms with Crippen LogP contribution in [-0.4, -0.2) is 36.4 Å². The van der Waals surface area contributed by atoms with Crippen LogP contribution in [-0.2, 0) is 19.1 Å². The summed E-state index contributed by atoms with van der Waals surface area (Å²) in [5.74, 6) is -0.720. The maximum Gasteiger partial charge on any atom is 0.325 e. The molecule has 0 heterocycles. The molecule has 0 unspecified atom stereocenters. The minimum absolute atomic E-state index is 0.0272. The van der Waals surface area contributed by atoms with E-state index >= 15 is 0 Å². The third-order valence-corrected chi connectivity index (χ3v) is 5.53. The Kier molecular flexibility index (Phi) is 11.6. The molecule has 0 spiro atoms. The van der Waals surface area contributed by atoms with Gasteiger partial charge in [0.2, 0.25) is 5.91 Å². The fraction of sp³-hybridized carbons (Fsp3) is 0.591. The lowest BCUT2D eigenvalue weighted by Gasteiger charge is -2.25. The van der Waals surface area contributed by atoms with Crippen molar-refractivity contribution in [1.82, 2.24) is 0 Å². The Morgan fingerprint density at radius 2 is 1.61 bits per heavy atom. The lowest BCUT2D eigenvalue weighted by atomic mass is 10.1. The van der Waals surface area contributed by atoms with Crippen molar-refractivity contribution in [3.63, 3.8) is 0 Å². The Hall–Kier alpha value is -1.82. The number of unbranched alkanes of at least 4 members (excludes halogenated alkanes) is 5. The van der Waals surface area contributed by atoms with E-state index in [1.165, 1.54) is 31.3 Å². The van der Waals surface area contributed by atoms with E-state index in [4.69, 9.17) is 4.74 Å². The molecule has 1 aromatic rings. The number of anilines is 1. The van der Waals surface area contributed by atoms with E-state index in [0.29, 0.717) is 12.1 Å². The molecule has 28 heavy (non-hydrogen) atoms. The van der Waals surface area contributed by atoms with Crippen molar-refractivity contribution >= 4 is 34.4 Å². The van der Waals surface area contributed by atoms with Crippen molar-refractivity contribution in [1.29, 1.82) is 0 Å². The molecule has 0 atom stereocenters. The molecule has 0 bridgehead atoms. The molecule has 0 fully saturated rings. The van der Waals surface area contributed by atoms with Gasteiger partial charge in [-0.15, -0.1) is 0 Å². The van der Waals surface area contributed by atoms with Crippen molar-refractivity contribution in [3.05, 3.63) is 29.3 Å². The van der Waals surface area contributed by atoms with E-state index in [1.807, 2.05) is 32.0 Å². The van der Waals surface area contributed by atoms with Gasteiger partial charge in [0.25, 0.3) is 0 Å². The van der Waals surface area contributed by atoms with Crippen molar-refractivity contribution in [2.24, 2.45) is 0 Å². The van der Waals surface area contributed by atoms with E-state index in [2.05, 4.69) is 6.92 Å². The summed E-state index contributed by atoms with van der Waals surface area (Å²) in [4.78, 5) is 38.2. The number of thioether (sulfide) groups is 1. The molecule has 1 aromatic carbocycles. The normalized spacial score (nSPS) is 10.6. The SMILES string of the molecule is CCCCCCCCC(=O)SCC(=O)N(CC(=O)OC)c1c(C)cccc1C. The summed E-state index contributed by atoms with van der Waals surface area (Å²) < 4.78 is 4.74. The van der Waals surface area contributed by atoms with Gasteiger partial charge >= 0.3 is 5.97 Å². The summed E-state index contributed by atoms with van der Waals surface area (Å²) >= 11 is 1.04. The number of nitrogens with zero attached hydrogens (tertiary/aromatic N) is 1. The maximum atomic E-state index is 12.8. The zero-order chi connectivity index (χ0) is 20.9. The van der Waals surface area contributed by atoms with Gasteiger partial charge in [-0.1, -0.05) is 69.0 Å². The molecule has 6 heteroatoms. The number of methoxy groups -OCH3 is 1. The van der Waals surface area contributed by atoms with E-state index < -0.39 is 5.97 Å². The minimum Gasteiger partial charge on any atom is -0.468 e. The van der Waals surface area contributed by atoms with Crippen LogP contribution in [0.25, 0.3) is 0 Å². The van der Waals surface area contributed by atoms with Gasteiger partial charge in [0.05, 0.1) is 18.6 Å². The van der Waals surface area contributed by atoms with Crippen LogP contribution in [0.1, 0.15) is 63.0 Å². The van der Waals surface area contributed by atoms with Gasteiger partial charge < -0.3 is 4.74 Å². The molecule has 156 valence electrons. The first-order chi connectivity index (χ1) is 13.4. The van der Waals surface area contributed by atoms with Crippen LogP contribution < -0.4 is 4.90 Å². The van der Waals surface area contributed by atoms with Gasteiger partial charge in [-0.2, -0.15) is 0 Å². The predicted octanol–water partition coefficient (Wildman–Crippen LogP) is 4.82. The standard InChI is InChI=1S/C22H33NO4S/c1-5-6-7-8-9-10-14-21(26)28-16-19(24)23(15-20(25)27-4)22-17(2)12-11-13-18(22)3/h11-13H,5-10,14-16H2,1-4H3. The lowest BCUT2D eigenvalue weighted by molar-refractivity contribution is -0.139. The zero-order valence-corrected chi connectivity index (χ0v) is 18.4. The summed E-state index contributed by atoms with van der Waals surface area (Å²) in [7, 11) is 1.30. The summed E-state index contributed by atoms with van der Waals surface area (Å²) in [6.07, 6.45) is 7.23.